The van der Waals surface area contributed by atoms with Crippen LogP contribution in [0.2, 0.25) is 0 Å². The van der Waals surface area contributed by atoms with E-state index in [9.17, 15) is 26.3 Å². The molecule has 2 aliphatic rings. The van der Waals surface area contributed by atoms with E-state index in [-0.39, 0.29) is 12.5 Å². The molecule has 1 aromatic carbocycles. The highest BCUT2D eigenvalue weighted by Crippen LogP contribution is 2.42. The maximum Gasteiger partial charge on any atom is 0.451 e. The van der Waals surface area contributed by atoms with E-state index >= 15 is 0 Å². The molecule has 36 heavy (non-hydrogen) atoms. The molecule has 3 aromatic rings. The number of nitrogens with zero attached hydrogens (tertiary/aromatic N) is 4. The lowest BCUT2D eigenvalue weighted by molar-refractivity contribution is -0.155. The van der Waals surface area contributed by atoms with Crippen LogP contribution in [0.1, 0.15) is 48.2 Å². The zero-order valence-electron chi connectivity index (χ0n) is 19.2. The summed E-state index contributed by atoms with van der Waals surface area (Å²) in [6.07, 6.45) is -7.84. The first-order valence-electron chi connectivity index (χ1n) is 11.5. The fraction of sp³-hybridized carbons (Fsp3) is 0.522. The number of halogens is 6. The van der Waals surface area contributed by atoms with Crippen molar-refractivity contribution in [2.75, 3.05) is 31.8 Å². The summed E-state index contributed by atoms with van der Waals surface area (Å²) in [6, 6.07) is 4.91. The number of benzene rings is 1. The number of fused-ring (bicyclic) bond motifs is 3. The Morgan fingerprint density at radius 1 is 1.08 bits per heavy atom. The lowest BCUT2D eigenvalue weighted by Crippen LogP contribution is -2.39. The molecule has 194 valence electrons. The summed E-state index contributed by atoms with van der Waals surface area (Å²) in [4.78, 5) is 14.3. The number of alkyl halides is 6. The minimum atomic E-state index is -5.16. The fourth-order valence-corrected chi connectivity index (χ4v) is 5.01. The molecular weight excluding hydrogens is 492 g/mol. The number of H-pyrrole nitrogens is 1. The quantitative estimate of drug-likeness (QED) is 0.474. The Balaban J connectivity index is 1.63. The number of aromatic amines is 1. The molecule has 0 saturated carbocycles. The SMILES string of the molecule is COc1ccc2[nH]c3c(c2c1)CCN(c1nc(C(F)(F)F)nc(C(F)(F)F)n1)[C@H]3C[C@H]1CCCOC1. The average molecular weight is 515 g/mol. The molecular formula is C23H23F6N5O2. The number of methoxy groups -OCH3 is 1. The van der Waals surface area contributed by atoms with Gasteiger partial charge in [0, 0.05) is 36.4 Å². The molecule has 13 heteroatoms. The van der Waals surface area contributed by atoms with Crippen molar-refractivity contribution in [3.8, 4) is 5.75 Å². The summed E-state index contributed by atoms with van der Waals surface area (Å²) < 4.78 is 91.6. The predicted molar refractivity (Wildman–Crippen MR) is 117 cm³/mol. The largest absolute Gasteiger partial charge is 0.497 e. The van der Waals surface area contributed by atoms with Gasteiger partial charge in [-0.05, 0) is 55.4 Å². The van der Waals surface area contributed by atoms with Gasteiger partial charge in [0.05, 0.1) is 13.2 Å². The second-order valence-electron chi connectivity index (χ2n) is 8.98. The second kappa shape index (κ2) is 9.09. The Morgan fingerprint density at radius 3 is 2.42 bits per heavy atom. The first-order valence-corrected chi connectivity index (χ1v) is 11.5. The third-order valence-corrected chi connectivity index (χ3v) is 6.66. The predicted octanol–water partition coefficient (Wildman–Crippen LogP) is 5.32. The van der Waals surface area contributed by atoms with Crippen molar-refractivity contribution >= 4 is 16.9 Å². The molecule has 1 N–H and O–H groups in total. The summed E-state index contributed by atoms with van der Waals surface area (Å²) in [5, 5.41) is 0.900. The zero-order chi connectivity index (χ0) is 25.7. The van der Waals surface area contributed by atoms with Crippen LogP contribution in [0.25, 0.3) is 10.9 Å². The van der Waals surface area contributed by atoms with Crippen molar-refractivity contribution in [3.05, 3.63) is 41.1 Å². The minimum Gasteiger partial charge on any atom is -0.497 e. The van der Waals surface area contributed by atoms with E-state index in [0.29, 0.717) is 31.8 Å². The van der Waals surface area contributed by atoms with Gasteiger partial charge in [0.2, 0.25) is 17.6 Å². The number of ether oxygens (including phenoxy) is 2. The molecule has 1 fully saturated rings. The third-order valence-electron chi connectivity index (χ3n) is 6.66. The van der Waals surface area contributed by atoms with E-state index in [2.05, 4.69) is 19.9 Å². The average Bonchev–Trinajstić information content (AvgIpc) is 3.22. The minimum absolute atomic E-state index is 0.0733. The molecule has 0 radical (unpaired) electrons. The monoisotopic (exact) mass is 515 g/mol. The lowest BCUT2D eigenvalue weighted by atomic mass is 9.88. The maximum absolute atomic E-state index is 13.4. The Kier molecular flexibility index (Phi) is 6.21. The highest BCUT2D eigenvalue weighted by atomic mass is 19.4. The Morgan fingerprint density at radius 2 is 1.81 bits per heavy atom. The number of nitrogens with one attached hydrogen (secondary N) is 1. The normalized spacial score (nSPS) is 21.0. The van der Waals surface area contributed by atoms with Crippen molar-refractivity contribution in [1.29, 1.82) is 0 Å². The molecule has 2 atom stereocenters. The first kappa shape index (κ1) is 24.6. The molecule has 0 spiro atoms. The lowest BCUT2D eigenvalue weighted by Gasteiger charge is -2.38. The highest BCUT2D eigenvalue weighted by Gasteiger charge is 2.43. The molecule has 2 aromatic heterocycles. The van der Waals surface area contributed by atoms with Crippen LogP contribution in [-0.4, -0.2) is 46.8 Å². The van der Waals surface area contributed by atoms with Crippen molar-refractivity contribution in [2.45, 2.75) is 44.1 Å². The van der Waals surface area contributed by atoms with Crippen molar-refractivity contribution in [2.24, 2.45) is 5.92 Å². The molecule has 4 heterocycles. The van der Waals surface area contributed by atoms with Crippen molar-refractivity contribution in [3.63, 3.8) is 0 Å². The summed E-state index contributed by atoms with van der Waals surface area (Å²) >= 11 is 0. The van der Waals surface area contributed by atoms with Crippen LogP contribution in [0.5, 0.6) is 5.75 Å². The van der Waals surface area contributed by atoms with Crippen LogP contribution in [0, 0.1) is 5.92 Å². The number of hydrogen-bond acceptors (Lipinski definition) is 6. The topological polar surface area (TPSA) is 76.2 Å². The van der Waals surface area contributed by atoms with Gasteiger partial charge in [-0.2, -0.15) is 36.3 Å². The van der Waals surface area contributed by atoms with Crippen molar-refractivity contribution < 1.29 is 35.8 Å². The molecule has 0 bridgehead atoms. The van der Waals surface area contributed by atoms with Crippen LogP contribution in [0.15, 0.2) is 18.2 Å². The van der Waals surface area contributed by atoms with Crippen LogP contribution >= 0.6 is 0 Å². The van der Waals surface area contributed by atoms with Gasteiger partial charge in [-0.3, -0.25) is 0 Å². The Hall–Kier alpha value is -3.09. The van der Waals surface area contributed by atoms with E-state index < -0.39 is 36.0 Å². The van der Waals surface area contributed by atoms with Crippen LogP contribution in [-0.2, 0) is 23.5 Å². The van der Waals surface area contributed by atoms with Gasteiger partial charge < -0.3 is 19.4 Å². The van der Waals surface area contributed by atoms with E-state index in [1.807, 2.05) is 12.1 Å². The molecule has 0 unspecified atom stereocenters. The van der Waals surface area contributed by atoms with Crippen LogP contribution in [0.3, 0.4) is 0 Å². The van der Waals surface area contributed by atoms with Gasteiger partial charge >= 0.3 is 12.4 Å². The van der Waals surface area contributed by atoms with Gasteiger partial charge in [-0.25, -0.2) is 4.98 Å². The number of hydrogen-bond donors (Lipinski definition) is 1. The van der Waals surface area contributed by atoms with Crippen LogP contribution in [0.4, 0.5) is 32.3 Å². The van der Waals surface area contributed by atoms with E-state index in [1.54, 1.807) is 13.2 Å². The summed E-state index contributed by atoms with van der Waals surface area (Å²) in [6.45, 7) is 1.22. The van der Waals surface area contributed by atoms with Gasteiger partial charge in [0.1, 0.15) is 5.75 Å². The van der Waals surface area contributed by atoms with E-state index in [0.717, 1.165) is 35.0 Å². The third kappa shape index (κ3) is 4.67. The maximum atomic E-state index is 13.4. The van der Waals surface area contributed by atoms with Gasteiger partial charge in [0.25, 0.3) is 0 Å². The first-order chi connectivity index (χ1) is 17.0. The highest BCUT2D eigenvalue weighted by molar-refractivity contribution is 5.87. The van der Waals surface area contributed by atoms with E-state index in [4.69, 9.17) is 9.47 Å². The summed E-state index contributed by atoms with van der Waals surface area (Å²) in [5.41, 5.74) is 2.47. The smallest absolute Gasteiger partial charge is 0.451 e. The Bertz CT molecular complexity index is 1220. The fourth-order valence-electron chi connectivity index (χ4n) is 5.01. The molecule has 1 saturated heterocycles. The molecule has 5 rings (SSSR count). The van der Waals surface area contributed by atoms with Crippen LogP contribution < -0.4 is 9.64 Å². The van der Waals surface area contributed by atoms with Gasteiger partial charge in [0.15, 0.2) is 0 Å². The Labute approximate surface area is 201 Å². The second-order valence-corrected chi connectivity index (χ2v) is 8.98. The van der Waals surface area contributed by atoms with Crippen molar-refractivity contribution in [1.82, 2.24) is 19.9 Å². The van der Waals surface area contributed by atoms with E-state index in [1.165, 1.54) is 4.90 Å². The summed E-state index contributed by atoms with van der Waals surface area (Å²) in [7, 11) is 1.55. The van der Waals surface area contributed by atoms with Gasteiger partial charge in [-0.15, -0.1) is 0 Å². The standard InChI is InChI=1S/C23H23F6N5O2/c1-35-13-4-5-16-15(10-13)14-6-7-34(17(18(14)30-16)9-12-3-2-8-36-11-12)21-32-19(22(24,25)26)31-20(33-21)23(27,28)29/h4-5,10,12,17,30H,2-3,6-9,11H2,1H3/t12-,17+/m1/s1. The van der Waals surface area contributed by atoms with Gasteiger partial charge in [-0.1, -0.05) is 0 Å². The summed E-state index contributed by atoms with van der Waals surface area (Å²) in [5.74, 6) is -3.66. The molecule has 2 aliphatic heterocycles. The molecule has 0 amide bonds. The molecule has 7 nitrogen and oxygen atoms in total. The zero-order valence-corrected chi connectivity index (χ0v) is 19.2. The number of rotatable bonds is 4. The number of aromatic nitrogens is 4. The number of anilines is 1. The molecule has 0 aliphatic carbocycles.